The van der Waals surface area contributed by atoms with Gasteiger partial charge in [0.2, 0.25) is 11.8 Å². The van der Waals surface area contributed by atoms with Crippen LogP contribution in [0.4, 0.5) is 5.69 Å². The lowest BCUT2D eigenvalue weighted by atomic mass is 9.97. The van der Waals surface area contributed by atoms with Gasteiger partial charge < -0.3 is 16.4 Å². The minimum atomic E-state index is 0.0236. The molecule has 4 N–H and O–H groups in total. The molecule has 1 aliphatic rings. The molecule has 1 fully saturated rings. The minimum Gasteiger partial charge on any atom is -0.399 e. The molecule has 2 atom stereocenters. The number of hydrogen-bond acceptors (Lipinski definition) is 3. The van der Waals surface area contributed by atoms with Crippen molar-refractivity contribution < 1.29 is 9.59 Å². The minimum absolute atomic E-state index is 0.0236. The van der Waals surface area contributed by atoms with Crippen LogP contribution in [-0.2, 0) is 9.59 Å². The molecular weight excluding hydrogens is 254 g/mol. The first-order chi connectivity index (χ1) is 9.54. The van der Waals surface area contributed by atoms with Gasteiger partial charge in [0.05, 0.1) is 0 Å². The second-order valence-electron chi connectivity index (χ2n) is 5.38. The quantitative estimate of drug-likeness (QED) is 0.721. The van der Waals surface area contributed by atoms with E-state index in [4.69, 9.17) is 5.73 Å². The van der Waals surface area contributed by atoms with Crippen LogP contribution in [0, 0.1) is 0 Å². The van der Waals surface area contributed by atoms with E-state index in [9.17, 15) is 9.59 Å². The lowest BCUT2D eigenvalue weighted by Gasteiger charge is -2.24. The van der Waals surface area contributed by atoms with Crippen molar-refractivity contribution in [2.75, 3.05) is 12.3 Å². The van der Waals surface area contributed by atoms with Crippen LogP contribution in [0.25, 0.3) is 0 Å². The second-order valence-corrected chi connectivity index (χ2v) is 5.38. The molecule has 20 heavy (non-hydrogen) atoms. The molecule has 0 radical (unpaired) electrons. The summed E-state index contributed by atoms with van der Waals surface area (Å²) in [4.78, 5) is 23.0. The van der Waals surface area contributed by atoms with Gasteiger partial charge >= 0.3 is 0 Å². The van der Waals surface area contributed by atoms with Crippen molar-refractivity contribution >= 4 is 17.5 Å². The summed E-state index contributed by atoms with van der Waals surface area (Å²) >= 11 is 0. The molecule has 0 spiro atoms. The van der Waals surface area contributed by atoms with E-state index in [1.165, 1.54) is 0 Å². The number of nitrogens with two attached hydrogens (primary N) is 1. The average Bonchev–Trinajstić information content (AvgIpc) is 2.42. The molecule has 2 amide bonds. The number of carbonyl (C=O) groups excluding carboxylic acids is 2. The molecule has 1 aliphatic heterocycles. The second kappa shape index (κ2) is 6.41. The SMILES string of the molecule is CC(CC(=O)NC1CCC(=O)NC1)c1ccc(N)cc1. The molecule has 0 bridgehead atoms. The third kappa shape index (κ3) is 3.98. The van der Waals surface area contributed by atoms with Crippen molar-refractivity contribution in [1.29, 1.82) is 0 Å². The molecule has 0 aromatic heterocycles. The van der Waals surface area contributed by atoms with Crippen molar-refractivity contribution in [1.82, 2.24) is 10.6 Å². The number of nitrogen functional groups attached to an aromatic ring is 1. The summed E-state index contributed by atoms with van der Waals surface area (Å²) in [6.45, 7) is 2.55. The molecule has 5 nitrogen and oxygen atoms in total. The predicted octanol–water partition coefficient (Wildman–Crippen LogP) is 1.16. The van der Waals surface area contributed by atoms with Gasteiger partial charge in [-0.1, -0.05) is 19.1 Å². The van der Waals surface area contributed by atoms with Crippen LogP contribution in [0.3, 0.4) is 0 Å². The summed E-state index contributed by atoms with van der Waals surface area (Å²) in [5.74, 6) is 0.231. The Morgan fingerprint density at radius 3 is 2.75 bits per heavy atom. The first-order valence-electron chi connectivity index (χ1n) is 6.96. The van der Waals surface area contributed by atoms with Gasteiger partial charge in [0.1, 0.15) is 0 Å². The summed E-state index contributed by atoms with van der Waals surface area (Å²) < 4.78 is 0. The first-order valence-corrected chi connectivity index (χ1v) is 6.96. The van der Waals surface area contributed by atoms with E-state index in [-0.39, 0.29) is 23.8 Å². The lowest BCUT2D eigenvalue weighted by molar-refractivity contribution is -0.125. The Bertz CT molecular complexity index is 474. The summed E-state index contributed by atoms with van der Waals surface area (Å²) in [6.07, 6.45) is 1.64. The Hall–Kier alpha value is -2.04. The average molecular weight is 275 g/mol. The molecule has 2 rings (SSSR count). The Kier molecular flexibility index (Phi) is 4.61. The van der Waals surface area contributed by atoms with Crippen molar-refractivity contribution in [3.8, 4) is 0 Å². The molecule has 1 saturated heterocycles. The lowest BCUT2D eigenvalue weighted by Crippen LogP contribution is -2.47. The maximum Gasteiger partial charge on any atom is 0.220 e. The van der Waals surface area contributed by atoms with E-state index in [0.717, 1.165) is 11.3 Å². The highest BCUT2D eigenvalue weighted by molar-refractivity contribution is 5.79. The number of carbonyl (C=O) groups is 2. The summed E-state index contributed by atoms with van der Waals surface area (Å²) in [6, 6.07) is 7.65. The third-order valence-corrected chi connectivity index (χ3v) is 3.63. The van der Waals surface area contributed by atoms with Crippen molar-refractivity contribution in [3.05, 3.63) is 29.8 Å². The molecule has 108 valence electrons. The van der Waals surface area contributed by atoms with Crippen molar-refractivity contribution in [2.24, 2.45) is 0 Å². The highest BCUT2D eigenvalue weighted by Crippen LogP contribution is 2.20. The topological polar surface area (TPSA) is 84.2 Å². The Balaban J connectivity index is 1.81. The van der Waals surface area contributed by atoms with Gasteiger partial charge in [0.15, 0.2) is 0 Å². The molecule has 1 aromatic carbocycles. The van der Waals surface area contributed by atoms with Crippen LogP contribution in [-0.4, -0.2) is 24.4 Å². The standard InChI is InChI=1S/C15H21N3O2/c1-10(11-2-4-12(16)5-3-11)8-15(20)18-13-6-7-14(19)17-9-13/h2-5,10,13H,6-9,16H2,1H3,(H,17,19)(H,18,20). The van der Waals surface area contributed by atoms with Crippen molar-refractivity contribution in [3.63, 3.8) is 0 Å². The number of benzene rings is 1. The molecule has 0 aliphatic carbocycles. The van der Waals surface area contributed by atoms with E-state index in [0.29, 0.717) is 25.8 Å². The summed E-state index contributed by atoms with van der Waals surface area (Å²) in [7, 11) is 0. The van der Waals surface area contributed by atoms with Gasteiger partial charge in [-0.3, -0.25) is 9.59 Å². The number of rotatable bonds is 4. The Morgan fingerprint density at radius 2 is 2.15 bits per heavy atom. The van der Waals surface area contributed by atoms with Crippen LogP contribution in [0.15, 0.2) is 24.3 Å². The van der Waals surface area contributed by atoms with Crippen LogP contribution < -0.4 is 16.4 Å². The molecule has 1 heterocycles. The van der Waals surface area contributed by atoms with Crippen LogP contribution in [0.2, 0.25) is 0 Å². The maximum atomic E-state index is 12.0. The van der Waals surface area contributed by atoms with Gasteiger partial charge in [0.25, 0.3) is 0 Å². The fourth-order valence-electron chi connectivity index (χ4n) is 2.36. The van der Waals surface area contributed by atoms with E-state index in [1.807, 2.05) is 31.2 Å². The van der Waals surface area contributed by atoms with Gasteiger partial charge in [-0.25, -0.2) is 0 Å². The van der Waals surface area contributed by atoms with Crippen LogP contribution in [0.1, 0.15) is 37.7 Å². The number of anilines is 1. The van der Waals surface area contributed by atoms with E-state index < -0.39 is 0 Å². The number of amides is 2. The van der Waals surface area contributed by atoms with Crippen molar-refractivity contribution in [2.45, 2.75) is 38.1 Å². The van der Waals surface area contributed by atoms with Gasteiger partial charge in [-0.05, 0) is 30.0 Å². The normalized spacial score (nSPS) is 20.1. The highest BCUT2D eigenvalue weighted by Gasteiger charge is 2.20. The predicted molar refractivity (Wildman–Crippen MR) is 78.1 cm³/mol. The number of piperidine rings is 1. The molecule has 1 aromatic rings. The van der Waals surface area contributed by atoms with E-state index in [1.54, 1.807) is 0 Å². The number of nitrogens with one attached hydrogen (secondary N) is 2. The van der Waals surface area contributed by atoms with Crippen LogP contribution in [0.5, 0.6) is 0 Å². The zero-order valence-corrected chi connectivity index (χ0v) is 11.7. The van der Waals surface area contributed by atoms with Gasteiger partial charge in [-0.2, -0.15) is 0 Å². The first kappa shape index (κ1) is 14.4. The zero-order valence-electron chi connectivity index (χ0n) is 11.7. The van der Waals surface area contributed by atoms with Crippen LogP contribution >= 0.6 is 0 Å². The largest absolute Gasteiger partial charge is 0.399 e. The molecule has 5 heteroatoms. The molecule has 2 unspecified atom stereocenters. The smallest absolute Gasteiger partial charge is 0.220 e. The summed E-state index contributed by atoms with van der Waals surface area (Å²) in [5, 5.41) is 5.73. The van der Waals surface area contributed by atoms with E-state index >= 15 is 0 Å². The molecule has 0 saturated carbocycles. The fraction of sp³-hybridized carbons (Fsp3) is 0.467. The molecular formula is C15H21N3O2. The monoisotopic (exact) mass is 275 g/mol. The Labute approximate surface area is 118 Å². The summed E-state index contributed by atoms with van der Waals surface area (Å²) in [5.41, 5.74) is 7.48. The van der Waals surface area contributed by atoms with Gasteiger partial charge in [-0.15, -0.1) is 0 Å². The maximum absolute atomic E-state index is 12.0. The third-order valence-electron chi connectivity index (χ3n) is 3.63. The van der Waals surface area contributed by atoms with Gasteiger partial charge in [0, 0.05) is 31.1 Å². The highest BCUT2D eigenvalue weighted by atomic mass is 16.2. The Morgan fingerprint density at radius 1 is 1.45 bits per heavy atom. The zero-order chi connectivity index (χ0) is 14.5. The fourth-order valence-corrected chi connectivity index (χ4v) is 2.36. The van der Waals surface area contributed by atoms with E-state index in [2.05, 4.69) is 10.6 Å². The number of hydrogen-bond donors (Lipinski definition) is 3.